The SMILES string of the molecule is Fc1cnc(Nc2nc(Br)cn3ccnc23)nc1. The van der Waals surface area contributed by atoms with Gasteiger partial charge in [0.05, 0.1) is 12.4 Å². The summed E-state index contributed by atoms with van der Waals surface area (Å²) in [5.74, 6) is 0.251. The van der Waals surface area contributed by atoms with Crippen LogP contribution in [-0.2, 0) is 0 Å². The van der Waals surface area contributed by atoms with Gasteiger partial charge in [-0.1, -0.05) is 0 Å². The van der Waals surface area contributed by atoms with Crippen LogP contribution in [0.25, 0.3) is 5.65 Å². The van der Waals surface area contributed by atoms with E-state index in [2.05, 4.69) is 41.2 Å². The zero-order chi connectivity index (χ0) is 12.5. The summed E-state index contributed by atoms with van der Waals surface area (Å²) in [4.78, 5) is 16.0. The zero-order valence-corrected chi connectivity index (χ0v) is 10.5. The molecule has 3 aromatic rings. The van der Waals surface area contributed by atoms with Crippen LogP contribution >= 0.6 is 15.9 Å². The first kappa shape index (κ1) is 11.0. The highest BCUT2D eigenvalue weighted by Gasteiger charge is 2.08. The topological polar surface area (TPSA) is 68.0 Å². The van der Waals surface area contributed by atoms with Gasteiger partial charge in [-0.05, 0) is 15.9 Å². The quantitative estimate of drug-likeness (QED) is 0.786. The van der Waals surface area contributed by atoms with Gasteiger partial charge in [0.15, 0.2) is 17.3 Å². The van der Waals surface area contributed by atoms with Gasteiger partial charge in [0.25, 0.3) is 0 Å². The van der Waals surface area contributed by atoms with Crippen molar-refractivity contribution in [2.75, 3.05) is 5.32 Å². The van der Waals surface area contributed by atoms with Crippen LogP contribution in [0.1, 0.15) is 0 Å². The average Bonchev–Trinajstić information content (AvgIpc) is 2.80. The second-order valence-corrected chi connectivity index (χ2v) is 4.23. The highest BCUT2D eigenvalue weighted by Crippen LogP contribution is 2.19. The lowest BCUT2D eigenvalue weighted by Crippen LogP contribution is -2.02. The average molecular weight is 309 g/mol. The van der Waals surface area contributed by atoms with Crippen LogP contribution in [-0.4, -0.2) is 24.3 Å². The molecule has 0 aromatic carbocycles. The molecule has 3 aromatic heterocycles. The molecular formula is C10H6BrFN6. The molecule has 0 amide bonds. The van der Waals surface area contributed by atoms with Gasteiger partial charge in [0.2, 0.25) is 5.95 Å². The van der Waals surface area contributed by atoms with Crippen molar-refractivity contribution in [3.05, 3.63) is 41.4 Å². The molecule has 0 atom stereocenters. The van der Waals surface area contributed by atoms with E-state index in [9.17, 15) is 4.39 Å². The first-order valence-electron chi connectivity index (χ1n) is 4.96. The van der Waals surface area contributed by atoms with E-state index in [-0.39, 0.29) is 5.95 Å². The predicted octanol–water partition coefficient (Wildman–Crippen LogP) is 2.16. The van der Waals surface area contributed by atoms with Crippen LogP contribution in [0.2, 0.25) is 0 Å². The van der Waals surface area contributed by atoms with E-state index >= 15 is 0 Å². The predicted molar refractivity (Wildman–Crippen MR) is 66.0 cm³/mol. The molecule has 6 nitrogen and oxygen atoms in total. The lowest BCUT2D eigenvalue weighted by molar-refractivity contribution is 0.614. The number of nitrogens with zero attached hydrogens (tertiary/aromatic N) is 5. The molecule has 0 radical (unpaired) electrons. The van der Waals surface area contributed by atoms with Crippen molar-refractivity contribution in [2.24, 2.45) is 0 Å². The molecular weight excluding hydrogens is 303 g/mol. The molecule has 0 saturated heterocycles. The number of hydrogen-bond donors (Lipinski definition) is 1. The molecule has 0 fully saturated rings. The molecule has 1 N–H and O–H groups in total. The number of halogens is 2. The summed E-state index contributed by atoms with van der Waals surface area (Å²) < 4.78 is 15.1. The van der Waals surface area contributed by atoms with Crippen molar-refractivity contribution >= 4 is 33.3 Å². The number of fused-ring (bicyclic) bond motifs is 1. The zero-order valence-electron chi connectivity index (χ0n) is 8.88. The van der Waals surface area contributed by atoms with Crippen molar-refractivity contribution < 1.29 is 4.39 Å². The van der Waals surface area contributed by atoms with Crippen molar-refractivity contribution in [2.45, 2.75) is 0 Å². The van der Waals surface area contributed by atoms with E-state index in [1.54, 1.807) is 23.0 Å². The van der Waals surface area contributed by atoms with Crippen LogP contribution in [0, 0.1) is 5.82 Å². The van der Waals surface area contributed by atoms with Gasteiger partial charge in [0, 0.05) is 18.6 Å². The molecule has 0 aliphatic heterocycles. The van der Waals surface area contributed by atoms with Gasteiger partial charge in [-0.25, -0.2) is 24.3 Å². The number of nitrogens with one attached hydrogen (secondary N) is 1. The summed E-state index contributed by atoms with van der Waals surface area (Å²) in [6.07, 6.45) is 7.38. The number of rotatable bonds is 2. The van der Waals surface area contributed by atoms with E-state index in [1.807, 2.05) is 0 Å². The van der Waals surface area contributed by atoms with Crippen molar-refractivity contribution in [3.8, 4) is 0 Å². The molecule has 0 saturated carbocycles. The number of aromatic nitrogens is 5. The molecule has 0 spiro atoms. The lowest BCUT2D eigenvalue weighted by atomic mass is 10.6. The molecule has 18 heavy (non-hydrogen) atoms. The van der Waals surface area contributed by atoms with Gasteiger partial charge in [-0.3, -0.25) is 0 Å². The largest absolute Gasteiger partial charge is 0.306 e. The Morgan fingerprint density at radius 2 is 2.00 bits per heavy atom. The smallest absolute Gasteiger partial charge is 0.228 e. The summed E-state index contributed by atoms with van der Waals surface area (Å²) in [7, 11) is 0. The fourth-order valence-electron chi connectivity index (χ4n) is 1.47. The Hall–Kier alpha value is -2.09. The molecule has 8 heteroatoms. The Labute approximate surface area is 109 Å². The molecule has 0 aliphatic carbocycles. The summed E-state index contributed by atoms with van der Waals surface area (Å²) >= 11 is 3.29. The number of anilines is 2. The second-order valence-electron chi connectivity index (χ2n) is 3.42. The van der Waals surface area contributed by atoms with Crippen molar-refractivity contribution in [3.63, 3.8) is 0 Å². The molecule has 3 heterocycles. The molecule has 0 unspecified atom stereocenters. The second kappa shape index (κ2) is 4.30. The van der Waals surface area contributed by atoms with Gasteiger partial charge in [0.1, 0.15) is 4.60 Å². The molecule has 3 rings (SSSR count). The lowest BCUT2D eigenvalue weighted by Gasteiger charge is -2.05. The maximum atomic E-state index is 12.7. The molecule has 90 valence electrons. The molecule has 0 bridgehead atoms. The maximum absolute atomic E-state index is 12.7. The van der Waals surface area contributed by atoms with Gasteiger partial charge >= 0.3 is 0 Å². The Morgan fingerprint density at radius 1 is 1.22 bits per heavy atom. The van der Waals surface area contributed by atoms with Crippen LogP contribution in [0.15, 0.2) is 35.6 Å². The minimum atomic E-state index is -0.492. The standard InChI is InChI=1S/C10H6BrFN6/c11-7-5-18-2-1-13-9(18)8(16-7)17-10-14-3-6(12)4-15-10/h1-5H,(H,14,15,16,17). The normalized spacial score (nSPS) is 10.8. The first-order chi connectivity index (χ1) is 8.72. The fourth-order valence-corrected chi connectivity index (χ4v) is 1.87. The number of hydrogen-bond acceptors (Lipinski definition) is 5. The van der Waals surface area contributed by atoms with E-state index in [0.717, 1.165) is 12.4 Å². The first-order valence-corrected chi connectivity index (χ1v) is 5.75. The highest BCUT2D eigenvalue weighted by atomic mass is 79.9. The monoisotopic (exact) mass is 308 g/mol. The Balaban J connectivity index is 2.03. The van der Waals surface area contributed by atoms with Crippen molar-refractivity contribution in [1.82, 2.24) is 24.3 Å². The Kier molecular flexibility index (Phi) is 2.63. The van der Waals surface area contributed by atoms with Crippen LogP contribution in [0.5, 0.6) is 0 Å². The Morgan fingerprint density at radius 3 is 2.78 bits per heavy atom. The van der Waals surface area contributed by atoms with E-state index in [1.165, 1.54) is 0 Å². The van der Waals surface area contributed by atoms with Gasteiger partial charge < -0.3 is 9.72 Å². The third kappa shape index (κ3) is 2.02. The minimum absolute atomic E-state index is 0.256. The highest BCUT2D eigenvalue weighted by molar-refractivity contribution is 9.10. The van der Waals surface area contributed by atoms with E-state index in [0.29, 0.717) is 16.1 Å². The minimum Gasteiger partial charge on any atom is -0.306 e. The summed E-state index contributed by atoms with van der Waals surface area (Å²) in [5.41, 5.74) is 0.631. The van der Waals surface area contributed by atoms with Crippen LogP contribution in [0.3, 0.4) is 0 Å². The fraction of sp³-hybridized carbons (Fsp3) is 0. The maximum Gasteiger partial charge on any atom is 0.228 e. The third-order valence-corrected chi connectivity index (χ3v) is 2.58. The molecule has 0 aliphatic rings. The van der Waals surface area contributed by atoms with Crippen LogP contribution in [0.4, 0.5) is 16.2 Å². The van der Waals surface area contributed by atoms with Crippen molar-refractivity contribution in [1.29, 1.82) is 0 Å². The van der Waals surface area contributed by atoms with E-state index < -0.39 is 5.82 Å². The van der Waals surface area contributed by atoms with Crippen LogP contribution < -0.4 is 5.32 Å². The van der Waals surface area contributed by atoms with E-state index in [4.69, 9.17) is 0 Å². The third-order valence-electron chi connectivity index (χ3n) is 2.20. The summed E-state index contributed by atoms with van der Waals surface area (Å²) in [6.45, 7) is 0. The summed E-state index contributed by atoms with van der Waals surface area (Å²) in [6, 6.07) is 0. The van der Waals surface area contributed by atoms with Gasteiger partial charge in [-0.2, -0.15) is 0 Å². The Bertz CT molecular complexity index is 695. The summed E-state index contributed by atoms with van der Waals surface area (Å²) in [5, 5.41) is 2.89. The van der Waals surface area contributed by atoms with Gasteiger partial charge in [-0.15, -0.1) is 0 Å². The number of imidazole rings is 1.